The Morgan fingerprint density at radius 2 is 1.96 bits per heavy atom. The van der Waals surface area contributed by atoms with Crippen molar-refractivity contribution in [2.24, 2.45) is 0 Å². The van der Waals surface area contributed by atoms with Crippen molar-refractivity contribution in [1.82, 2.24) is 0 Å². The van der Waals surface area contributed by atoms with Gasteiger partial charge in [0.05, 0.1) is 6.61 Å². The van der Waals surface area contributed by atoms with Crippen molar-refractivity contribution in [3.8, 4) is 5.75 Å². The fourth-order valence-electron chi connectivity index (χ4n) is 2.88. The van der Waals surface area contributed by atoms with Gasteiger partial charge in [-0.25, -0.2) is 0 Å². The minimum Gasteiger partial charge on any atom is -0.494 e. The molecule has 23 heavy (non-hydrogen) atoms. The molecule has 2 aromatic carbocycles. The van der Waals surface area contributed by atoms with Gasteiger partial charge in [-0.15, -0.1) is 0 Å². The van der Waals surface area contributed by atoms with Gasteiger partial charge in [-0.1, -0.05) is 18.2 Å². The molecular formula is C19H22N2O2. The summed E-state index contributed by atoms with van der Waals surface area (Å²) in [6, 6.07) is 16.0. The Morgan fingerprint density at radius 3 is 2.74 bits per heavy atom. The molecule has 4 nitrogen and oxygen atoms in total. The quantitative estimate of drug-likeness (QED) is 0.888. The van der Waals surface area contributed by atoms with Crippen molar-refractivity contribution in [2.75, 3.05) is 29.9 Å². The number of para-hydroxylation sites is 1. The number of hydrogen-bond acceptors (Lipinski definition) is 3. The molecule has 1 amide bonds. The average molecular weight is 310 g/mol. The first kappa shape index (κ1) is 15.4. The number of anilines is 2. The summed E-state index contributed by atoms with van der Waals surface area (Å²) in [7, 11) is 0. The van der Waals surface area contributed by atoms with Gasteiger partial charge in [0.15, 0.2) is 0 Å². The molecule has 0 bridgehead atoms. The first-order valence-electron chi connectivity index (χ1n) is 8.13. The van der Waals surface area contributed by atoms with E-state index in [4.69, 9.17) is 4.74 Å². The molecule has 0 saturated carbocycles. The molecule has 1 N–H and O–H groups in total. The summed E-state index contributed by atoms with van der Waals surface area (Å²) in [4.78, 5) is 14.3. The second kappa shape index (κ2) is 7.18. The Kier molecular flexibility index (Phi) is 4.81. The molecule has 1 aliphatic rings. The third-order valence-electron chi connectivity index (χ3n) is 4.02. The zero-order valence-corrected chi connectivity index (χ0v) is 13.4. The lowest BCUT2D eigenvalue weighted by Gasteiger charge is -2.17. The van der Waals surface area contributed by atoms with E-state index in [0.29, 0.717) is 19.6 Å². The highest BCUT2D eigenvalue weighted by Gasteiger charge is 2.23. The van der Waals surface area contributed by atoms with Crippen LogP contribution in [0, 0.1) is 0 Å². The predicted octanol–water partition coefficient (Wildman–Crippen LogP) is 3.48. The summed E-state index contributed by atoms with van der Waals surface area (Å²) in [5, 5.41) is 3.29. The molecule has 0 unspecified atom stereocenters. The first-order valence-corrected chi connectivity index (χ1v) is 8.13. The number of nitrogens with zero attached hydrogens (tertiary/aromatic N) is 1. The maximum absolute atomic E-state index is 12.4. The minimum absolute atomic E-state index is 0.174. The lowest BCUT2D eigenvalue weighted by atomic mass is 10.2. The van der Waals surface area contributed by atoms with Gasteiger partial charge in [0.1, 0.15) is 5.75 Å². The topological polar surface area (TPSA) is 41.6 Å². The van der Waals surface area contributed by atoms with E-state index in [0.717, 1.165) is 30.1 Å². The number of carbonyl (C=O) groups is 1. The molecule has 0 fully saturated rings. The Morgan fingerprint density at radius 1 is 1.17 bits per heavy atom. The minimum atomic E-state index is 0.174. The van der Waals surface area contributed by atoms with Crippen LogP contribution in [0.5, 0.6) is 5.75 Å². The fraction of sp³-hybridized carbons (Fsp3) is 0.316. The molecule has 0 aliphatic carbocycles. The first-order chi connectivity index (χ1) is 11.3. The molecule has 0 atom stereocenters. The van der Waals surface area contributed by atoms with Crippen LogP contribution in [0.25, 0.3) is 0 Å². The van der Waals surface area contributed by atoms with Crippen LogP contribution in [-0.4, -0.2) is 25.6 Å². The monoisotopic (exact) mass is 310 g/mol. The second-order valence-corrected chi connectivity index (χ2v) is 5.56. The summed E-state index contributed by atoms with van der Waals surface area (Å²) in [5.41, 5.74) is 3.34. The van der Waals surface area contributed by atoms with E-state index in [-0.39, 0.29) is 5.91 Å². The summed E-state index contributed by atoms with van der Waals surface area (Å²) >= 11 is 0. The highest BCUT2D eigenvalue weighted by Crippen LogP contribution is 2.27. The van der Waals surface area contributed by atoms with Gasteiger partial charge in [-0.05, 0) is 49.2 Å². The van der Waals surface area contributed by atoms with Gasteiger partial charge < -0.3 is 15.0 Å². The number of hydrogen-bond donors (Lipinski definition) is 1. The number of benzene rings is 2. The number of fused-ring (bicyclic) bond motifs is 1. The van der Waals surface area contributed by atoms with Gasteiger partial charge in [-0.2, -0.15) is 0 Å². The molecule has 0 spiro atoms. The van der Waals surface area contributed by atoms with Crippen molar-refractivity contribution in [3.63, 3.8) is 0 Å². The summed E-state index contributed by atoms with van der Waals surface area (Å²) < 4.78 is 5.42. The van der Waals surface area contributed by atoms with Gasteiger partial charge in [0, 0.05) is 30.9 Å². The molecule has 1 aliphatic heterocycles. The smallest absolute Gasteiger partial charge is 0.228 e. The van der Waals surface area contributed by atoms with Crippen LogP contribution in [0.15, 0.2) is 48.5 Å². The average Bonchev–Trinajstić information content (AvgIpc) is 3.01. The summed E-state index contributed by atoms with van der Waals surface area (Å²) in [5.74, 6) is 1.04. The molecule has 0 radical (unpaired) electrons. The fourth-order valence-corrected chi connectivity index (χ4v) is 2.88. The second-order valence-electron chi connectivity index (χ2n) is 5.56. The van der Waals surface area contributed by atoms with Crippen molar-refractivity contribution in [3.05, 3.63) is 54.1 Å². The predicted molar refractivity (Wildman–Crippen MR) is 93.2 cm³/mol. The van der Waals surface area contributed by atoms with Gasteiger partial charge in [-0.3, -0.25) is 4.79 Å². The Balaban J connectivity index is 1.50. The van der Waals surface area contributed by atoms with Gasteiger partial charge in [0.25, 0.3) is 0 Å². The molecular weight excluding hydrogens is 288 g/mol. The summed E-state index contributed by atoms with van der Waals surface area (Å²) in [6.45, 7) is 4.06. The Labute approximate surface area is 137 Å². The highest BCUT2D eigenvalue weighted by molar-refractivity contribution is 5.95. The van der Waals surface area contributed by atoms with E-state index in [1.54, 1.807) is 0 Å². The number of ether oxygens (including phenoxy) is 1. The zero-order valence-electron chi connectivity index (χ0n) is 13.4. The van der Waals surface area contributed by atoms with Crippen molar-refractivity contribution in [1.29, 1.82) is 0 Å². The van der Waals surface area contributed by atoms with Crippen LogP contribution in [-0.2, 0) is 11.2 Å². The third-order valence-corrected chi connectivity index (χ3v) is 4.02. The van der Waals surface area contributed by atoms with Crippen LogP contribution >= 0.6 is 0 Å². The normalized spacial score (nSPS) is 12.8. The van der Waals surface area contributed by atoms with Crippen LogP contribution in [0.3, 0.4) is 0 Å². The van der Waals surface area contributed by atoms with Crippen molar-refractivity contribution >= 4 is 17.3 Å². The standard InChI is InChI=1S/C19H22N2O2/c1-2-23-17-9-7-16(8-10-17)20-13-11-19(22)21-14-12-15-5-3-4-6-18(15)21/h3-10,20H,2,11-14H2,1H3. The number of nitrogens with one attached hydrogen (secondary N) is 1. The largest absolute Gasteiger partial charge is 0.494 e. The van der Waals surface area contributed by atoms with E-state index in [2.05, 4.69) is 11.4 Å². The van der Waals surface area contributed by atoms with Gasteiger partial charge in [0.2, 0.25) is 5.91 Å². The molecule has 0 saturated heterocycles. The lowest BCUT2D eigenvalue weighted by molar-refractivity contribution is -0.118. The maximum Gasteiger partial charge on any atom is 0.228 e. The molecule has 2 aromatic rings. The number of rotatable bonds is 6. The SMILES string of the molecule is CCOc1ccc(NCCC(=O)N2CCc3ccccc32)cc1. The third kappa shape index (κ3) is 3.65. The van der Waals surface area contributed by atoms with Crippen molar-refractivity contribution in [2.45, 2.75) is 19.8 Å². The van der Waals surface area contributed by atoms with E-state index < -0.39 is 0 Å². The molecule has 4 heteroatoms. The lowest BCUT2D eigenvalue weighted by Crippen LogP contribution is -2.30. The maximum atomic E-state index is 12.4. The van der Waals surface area contributed by atoms with Crippen LogP contribution in [0.1, 0.15) is 18.9 Å². The van der Waals surface area contributed by atoms with Crippen LogP contribution in [0.2, 0.25) is 0 Å². The molecule has 0 aromatic heterocycles. The van der Waals surface area contributed by atoms with E-state index in [1.807, 2.05) is 54.3 Å². The van der Waals surface area contributed by atoms with E-state index in [1.165, 1.54) is 5.56 Å². The van der Waals surface area contributed by atoms with Crippen LogP contribution < -0.4 is 15.0 Å². The molecule has 120 valence electrons. The molecule has 3 rings (SSSR count). The highest BCUT2D eigenvalue weighted by atomic mass is 16.5. The summed E-state index contributed by atoms with van der Waals surface area (Å²) in [6.07, 6.45) is 1.44. The van der Waals surface area contributed by atoms with Gasteiger partial charge >= 0.3 is 0 Å². The van der Waals surface area contributed by atoms with E-state index >= 15 is 0 Å². The van der Waals surface area contributed by atoms with E-state index in [9.17, 15) is 4.79 Å². The Hall–Kier alpha value is -2.49. The van der Waals surface area contributed by atoms with Crippen molar-refractivity contribution < 1.29 is 9.53 Å². The molecule has 1 heterocycles. The Bertz CT molecular complexity index is 667. The zero-order chi connectivity index (χ0) is 16.1. The number of amides is 1. The van der Waals surface area contributed by atoms with Crippen LogP contribution in [0.4, 0.5) is 11.4 Å². The number of carbonyl (C=O) groups excluding carboxylic acids is 1.